The molecule has 148 valence electrons. The number of hydrogen-bond donors (Lipinski definition) is 1. The zero-order chi connectivity index (χ0) is 20.1. The zero-order valence-electron chi connectivity index (χ0n) is 15.9. The molecule has 0 spiro atoms. The highest BCUT2D eigenvalue weighted by Crippen LogP contribution is 2.37. The van der Waals surface area contributed by atoms with Crippen LogP contribution < -0.4 is 15.0 Å². The molecule has 0 aromatic heterocycles. The molecule has 0 fully saturated rings. The van der Waals surface area contributed by atoms with Gasteiger partial charge in [-0.2, -0.15) is 11.8 Å². The molecule has 28 heavy (non-hydrogen) atoms. The molecule has 1 N–H and O–H groups in total. The highest BCUT2D eigenvalue weighted by Gasteiger charge is 2.43. The van der Waals surface area contributed by atoms with Crippen LogP contribution in [-0.2, 0) is 9.59 Å². The van der Waals surface area contributed by atoms with Crippen molar-refractivity contribution in [2.45, 2.75) is 25.8 Å². The summed E-state index contributed by atoms with van der Waals surface area (Å²) in [4.78, 5) is 26.9. The number of benzene rings is 2. The molecular formula is C21H23ClN2O3S. The van der Waals surface area contributed by atoms with E-state index in [1.807, 2.05) is 36.4 Å². The van der Waals surface area contributed by atoms with Crippen LogP contribution in [0.25, 0.3) is 0 Å². The van der Waals surface area contributed by atoms with Crippen LogP contribution in [0.5, 0.6) is 5.75 Å². The van der Waals surface area contributed by atoms with Crippen molar-refractivity contribution in [2.75, 3.05) is 28.3 Å². The lowest BCUT2D eigenvalue weighted by Gasteiger charge is -2.42. The van der Waals surface area contributed by atoms with Gasteiger partial charge in [0.2, 0.25) is 11.8 Å². The second-order valence-corrected chi connectivity index (χ2v) is 8.51. The number of para-hydroxylation sites is 2. The van der Waals surface area contributed by atoms with E-state index in [2.05, 4.69) is 5.32 Å². The van der Waals surface area contributed by atoms with Crippen LogP contribution in [0.3, 0.4) is 0 Å². The van der Waals surface area contributed by atoms with E-state index in [1.54, 1.807) is 42.6 Å². The minimum Gasteiger partial charge on any atom is -0.494 e. The SMILES string of the molecule is CC1(C)C(=O)Nc2ccccc2N1C(=O)CSCCCOc1ccc(Cl)cc1. The third kappa shape index (κ3) is 4.62. The fourth-order valence-electron chi connectivity index (χ4n) is 3.00. The van der Waals surface area contributed by atoms with Crippen molar-refractivity contribution in [3.8, 4) is 5.75 Å². The smallest absolute Gasteiger partial charge is 0.250 e. The molecule has 2 amide bonds. The molecule has 2 aromatic carbocycles. The molecule has 1 aliphatic heterocycles. The van der Waals surface area contributed by atoms with Crippen LogP contribution in [0.2, 0.25) is 5.02 Å². The summed E-state index contributed by atoms with van der Waals surface area (Å²) >= 11 is 7.39. The van der Waals surface area contributed by atoms with Gasteiger partial charge in [-0.05, 0) is 62.4 Å². The van der Waals surface area contributed by atoms with E-state index < -0.39 is 5.54 Å². The van der Waals surface area contributed by atoms with Crippen LogP contribution in [0.4, 0.5) is 11.4 Å². The molecule has 0 saturated carbocycles. The van der Waals surface area contributed by atoms with Gasteiger partial charge < -0.3 is 10.1 Å². The first-order valence-electron chi connectivity index (χ1n) is 9.09. The van der Waals surface area contributed by atoms with Gasteiger partial charge in [0.05, 0.1) is 23.7 Å². The van der Waals surface area contributed by atoms with Crippen molar-refractivity contribution in [3.05, 3.63) is 53.6 Å². The maximum absolute atomic E-state index is 12.9. The maximum atomic E-state index is 12.9. The van der Waals surface area contributed by atoms with E-state index in [4.69, 9.17) is 16.3 Å². The van der Waals surface area contributed by atoms with E-state index in [-0.39, 0.29) is 11.8 Å². The molecule has 0 atom stereocenters. The van der Waals surface area contributed by atoms with Gasteiger partial charge in [-0.25, -0.2) is 0 Å². The standard InChI is InChI=1S/C21H23ClN2O3S/c1-21(2)20(26)23-17-6-3-4-7-18(17)24(21)19(25)14-28-13-5-12-27-16-10-8-15(22)9-11-16/h3-4,6-11H,5,12-14H2,1-2H3,(H,23,26). The monoisotopic (exact) mass is 418 g/mol. The van der Waals surface area contributed by atoms with E-state index >= 15 is 0 Å². The lowest BCUT2D eigenvalue weighted by atomic mass is 9.96. The minimum absolute atomic E-state index is 0.0732. The molecule has 1 aliphatic rings. The Morgan fingerprint density at radius 2 is 1.89 bits per heavy atom. The van der Waals surface area contributed by atoms with E-state index in [0.29, 0.717) is 23.1 Å². The molecule has 7 heteroatoms. The summed E-state index contributed by atoms with van der Waals surface area (Å²) in [5.74, 6) is 1.63. The number of nitrogens with zero attached hydrogens (tertiary/aromatic N) is 1. The van der Waals surface area contributed by atoms with Gasteiger partial charge in [0.15, 0.2) is 0 Å². The van der Waals surface area contributed by atoms with Crippen molar-refractivity contribution in [2.24, 2.45) is 0 Å². The van der Waals surface area contributed by atoms with Gasteiger partial charge in [0, 0.05) is 5.02 Å². The molecule has 0 aliphatic carbocycles. The second-order valence-electron chi connectivity index (χ2n) is 6.97. The summed E-state index contributed by atoms with van der Waals surface area (Å²) < 4.78 is 5.66. The number of carbonyl (C=O) groups is 2. The van der Waals surface area contributed by atoms with Gasteiger partial charge in [-0.3, -0.25) is 14.5 Å². The molecule has 2 aromatic rings. The number of ether oxygens (including phenoxy) is 1. The van der Waals surface area contributed by atoms with Crippen molar-refractivity contribution in [1.29, 1.82) is 0 Å². The minimum atomic E-state index is -0.927. The highest BCUT2D eigenvalue weighted by atomic mass is 35.5. The Balaban J connectivity index is 1.50. The quantitative estimate of drug-likeness (QED) is 0.667. The molecule has 1 heterocycles. The van der Waals surface area contributed by atoms with E-state index in [1.165, 1.54) is 0 Å². The summed E-state index contributed by atoms with van der Waals surface area (Å²) in [5, 5.41) is 3.55. The Hall–Kier alpha value is -2.18. The fourth-order valence-corrected chi connectivity index (χ4v) is 3.90. The number of nitrogens with one attached hydrogen (secondary N) is 1. The zero-order valence-corrected chi connectivity index (χ0v) is 17.5. The topological polar surface area (TPSA) is 58.6 Å². The second kappa shape index (κ2) is 8.88. The van der Waals surface area contributed by atoms with Gasteiger partial charge in [0.1, 0.15) is 11.3 Å². The van der Waals surface area contributed by atoms with Crippen LogP contribution in [0, 0.1) is 0 Å². The van der Waals surface area contributed by atoms with Gasteiger partial charge in [-0.15, -0.1) is 0 Å². The molecule has 0 saturated heterocycles. The average molecular weight is 419 g/mol. The van der Waals surface area contributed by atoms with Crippen molar-refractivity contribution in [1.82, 2.24) is 0 Å². The first-order valence-corrected chi connectivity index (χ1v) is 10.6. The third-order valence-electron chi connectivity index (χ3n) is 4.50. The molecule has 0 radical (unpaired) electrons. The predicted octanol–water partition coefficient (Wildman–Crippen LogP) is 4.61. The first kappa shape index (κ1) is 20.6. The van der Waals surface area contributed by atoms with Crippen LogP contribution in [-0.4, -0.2) is 35.5 Å². The van der Waals surface area contributed by atoms with Crippen molar-refractivity contribution >= 4 is 46.6 Å². The van der Waals surface area contributed by atoms with Crippen molar-refractivity contribution < 1.29 is 14.3 Å². The molecular weight excluding hydrogens is 396 g/mol. The number of anilines is 2. The van der Waals surface area contributed by atoms with Gasteiger partial charge in [-0.1, -0.05) is 23.7 Å². The van der Waals surface area contributed by atoms with E-state index in [0.717, 1.165) is 23.6 Å². The molecule has 0 unspecified atom stereocenters. The van der Waals surface area contributed by atoms with Crippen LogP contribution in [0.15, 0.2) is 48.5 Å². The molecule has 5 nitrogen and oxygen atoms in total. The molecule has 3 rings (SSSR count). The Labute approximate surface area is 174 Å². The summed E-state index contributed by atoms with van der Waals surface area (Å²) in [6.45, 7) is 4.10. The predicted molar refractivity (Wildman–Crippen MR) is 116 cm³/mol. The summed E-state index contributed by atoms with van der Waals surface area (Å²) in [7, 11) is 0. The number of halogens is 1. The lowest BCUT2D eigenvalue weighted by Crippen LogP contribution is -2.59. The lowest BCUT2D eigenvalue weighted by molar-refractivity contribution is -0.125. The number of carbonyl (C=O) groups excluding carboxylic acids is 2. The number of hydrogen-bond acceptors (Lipinski definition) is 4. The highest BCUT2D eigenvalue weighted by molar-refractivity contribution is 7.99. The molecule has 0 bridgehead atoms. The Morgan fingerprint density at radius 3 is 2.64 bits per heavy atom. The summed E-state index contributed by atoms with van der Waals surface area (Å²) in [5.41, 5.74) is 0.481. The maximum Gasteiger partial charge on any atom is 0.250 e. The number of rotatable bonds is 7. The normalized spacial score (nSPS) is 15.0. The number of thioether (sulfide) groups is 1. The largest absolute Gasteiger partial charge is 0.494 e. The third-order valence-corrected chi connectivity index (χ3v) is 5.78. The number of amides is 2. The summed E-state index contributed by atoms with van der Waals surface area (Å²) in [6.07, 6.45) is 0.820. The van der Waals surface area contributed by atoms with E-state index in [9.17, 15) is 9.59 Å². The van der Waals surface area contributed by atoms with Crippen molar-refractivity contribution in [3.63, 3.8) is 0 Å². The average Bonchev–Trinajstić information content (AvgIpc) is 2.66. The summed E-state index contributed by atoms with van der Waals surface area (Å²) in [6, 6.07) is 14.6. The fraction of sp³-hybridized carbons (Fsp3) is 0.333. The first-order chi connectivity index (χ1) is 13.4. The Bertz CT molecular complexity index is 855. The van der Waals surface area contributed by atoms with Gasteiger partial charge in [0.25, 0.3) is 0 Å². The Morgan fingerprint density at radius 1 is 1.18 bits per heavy atom. The number of fused-ring (bicyclic) bond motifs is 1. The van der Waals surface area contributed by atoms with Crippen LogP contribution >= 0.6 is 23.4 Å². The Kier molecular flexibility index (Phi) is 6.52. The van der Waals surface area contributed by atoms with Crippen LogP contribution in [0.1, 0.15) is 20.3 Å². The van der Waals surface area contributed by atoms with Gasteiger partial charge >= 0.3 is 0 Å².